The highest BCUT2D eigenvalue weighted by molar-refractivity contribution is 6.30. The van der Waals surface area contributed by atoms with Crippen molar-refractivity contribution in [3.05, 3.63) is 100 Å². The first-order valence-electron chi connectivity index (χ1n) is 11.1. The van der Waals surface area contributed by atoms with Gasteiger partial charge in [-0.2, -0.15) is 0 Å². The van der Waals surface area contributed by atoms with Gasteiger partial charge < -0.3 is 15.0 Å². The minimum atomic E-state index is -0.721. The molecule has 3 rings (SSSR count). The first-order chi connectivity index (χ1) is 16.3. The normalized spacial score (nSPS) is 11.7. The van der Waals surface area contributed by atoms with Crippen molar-refractivity contribution in [3.8, 4) is 5.75 Å². The van der Waals surface area contributed by atoms with Gasteiger partial charge in [0.25, 0.3) is 5.91 Å². The van der Waals surface area contributed by atoms with E-state index in [1.807, 2.05) is 56.3 Å². The first kappa shape index (κ1) is 25.6. The zero-order chi connectivity index (χ0) is 24.5. The SMILES string of the molecule is CC(C)NC(=O)[C@@H](Cc1ccccc1)N(Cc1ccc(Cl)cc1)C(=O)COc1ccc(Cl)cc1. The van der Waals surface area contributed by atoms with Crippen molar-refractivity contribution in [2.24, 2.45) is 0 Å². The molecule has 0 aromatic heterocycles. The fourth-order valence-corrected chi connectivity index (χ4v) is 3.73. The number of hydrogen-bond donors (Lipinski definition) is 1. The van der Waals surface area contributed by atoms with Crippen LogP contribution in [0, 0.1) is 0 Å². The Morgan fingerprint density at radius 2 is 1.44 bits per heavy atom. The van der Waals surface area contributed by atoms with Crippen LogP contribution < -0.4 is 10.1 Å². The molecule has 1 atom stereocenters. The van der Waals surface area contributed by atoms with E-state index in [9.17, 15) is 9.59 Å². The van der Waals surface area contributed by atoms with Crippen LogP contribution in [0.5, 0.6) is 5.75 Å². The van der Waals surface area contributed by atoms with Crippen molar-refractivity contribution in [1.29, 1.82) is 0 Å². The van der Waals surface area contributed by atoms with Crippen molar-refractivity contribution in [2.45, 2.75) is 38.9 Å². The fourth-order valence-electron chi connectivity index (χ4n) is 3.48. The maximum absolute atomic E-state index is 13.4. The maximum atomic E-state index is 13.4. The Balaban J connectivity index is 1.89. The summed E-state index contributed by atoms with van der Waals surface area (Å²) in [6.07, 6.45) is 0.375. The standard InChI is InChI=1S/C27H28Cl2N2O3/c1-19(2)30-27(33)25(16-20-6-4-3-5-7-20)31(17-21-8-10-22(28)11-9-21)26(32)18-34-24-14-12-23(29)13-15-24/h3-15,19,25H,16-18H2,1-2H3,(H,30,33)/t25-/m1/s1. The quantitative estimate of drug-likeness (QED) is 0.399. The van der Waals surface area contributed by atoms with Gasteiger partial charge in [0, 0.05) is 29.1 Å². The molecule has 1 N–H and O–H groups in total. The summed E-state index contributed by atoms with van der Waals surface area (Å²) in [6.45, 7) is 3.82. The van der Waals surface area contributed by atoms with Crippen LogP contribution >= 0.6 is 23.2 Å². The molecule has 0 aliphatic heterocycles. The summed E-state index contributed by atoms with van der Waals surface area (Å²) in [5.41, 5.74) is 1.82. The van der Waals surface area contributed by atoms with Crippen molar-refractivity contribution in [1.82, 2.24) is 10.2 Å². The van der Waals surface area contributed by atoms with E-state index in [0.29, 0.717) is 22.2 Å². The lowest BCUT2D eigenvalue weighted by molar-refractivity contribution is -0.143. The van der Waals surface area contributed by atoms with Gasteiger partial charge in [0.05, 0.1) is 0 Å². The molecule has 2 amide bonds. The van der Waals surface area contributed by atoms with Gasteiger partial charge >= 0.3 is 0 Å². The molecule has 3 aromatic carbocycles. The van der Waals surface area contributed by atoms with E-state index in [4.69, 9.17) is 27.9 Å². The summed E-state index contributed by atoms with van der Waals surface area (Å²) in [7, 11) is 0. The minimum absolute atomic E-state index is 0.0661. The van der Waals surface area contributed by atoms with Crippen LogP contribution in [-0.2, 0) is 22.6 Å². The van der Waals surface area contributed by atoms with Gasteiger partial charge in [-0.1, -0.05) is 65.7 Å². The van der Waals surface area contributed by atoms with Crippen LogP contribution in [0.15, 0.2) is 78.9 Å². The highest BCUT2D eigenvalue weighted by atomic mass is 35.5. The molecule has 0 saturated heterocycles. The van der Waals surface area contributed by atoms with Gasteiger partial charge in [-0.05, 0) is 61.4 Å². The zero-order valence-corrected chi connectivity index (χ0v) is 20.7. The van der Waals surface area contributed by atoms with Crippen LogP contribution in [0.2, 0.25) is 10.0 Å². The molecule has 0 unspecified atom stereocenters. The Kier molecular flexibility index (Phi) is 9.37. The Bertz CT molecular complexity index is 1070. The Morgan fingerprint density at radius 1 is 0.853 bits per heavy atom. The molecule has 0 radical (unpaired) electrons. The number of benzene rings is 3. The molecular formula is C27H28Cl2N2O3. The van der Waals surface area contributed by atoms with Gasteiger partial charge in [-0.15, -0.1) is 0 Å². The van der Waals surface area contributed by atoms with Crippen LogP contribution in [-0.4, -0.2) is 35.4 Å². The third-order valence-corrected chi connectivity index (χ3v) is 5.65. The number of amides is 2. The van der Waals surface area contributed by atoms with E-state index in [0.717, 1.165) is 11.1 Å². The average Bonchev–Trinajstić information content (AvgIpc) is 2.82. The largest absolute Gasteiger partial charge is 0.484 e. The second kappa shape index (κ2) is 12.4. The summed E-state index contributed by atoms with van der Waals surface area (Å²) in [5, 5.41) is 4.15. The summed E-state index contributed by atoms with van der Waals surface area (Å²) in [5.74, 6) is 0.00725. The van der Waals surface area contributed by atoms with Gasteiger partial charge in [0.1, 0.15) is 11.8 Å². The van der Waals surface area contributed by atoms with Gasteiger partial charge in [-0.25, -0.2) is 0 Å². The number of hydrogen-bond acceptors (Lipinski definition) is 3. The summed E-state index contributed by atoms with van der Waals surface area (Å²) in [6, 6.07) is 22.9. The molecule has 0 aliphatic rings. The van der Waals surface area contributed by atoms with Crippen molar-refractivity contribution < 1.29 is 14.3 Å². The second-order valence-electron chi connectivity index (χ2n) is 8.26. The molecule has 34 heavy (non-hydrogen) atoms. The number of halogens is 2. The van der Waals surface area contributed by atoms with E-state index in [1.54, 1.807) is 41.3 Å². The van der Waals surface area contributed by atoms with Crippen LogP contribution in [0.3, 0.4) is 0 Å². The maximum Gasteiger partial charge on any atom is 0.261 e. The number of rotatable bonds is 10. The number of carbonyl (C=O) groups excluding carboxylic acids is 2. The minimum Gasteiger partial charge on any atom is -0.484 e. The smallest absolute Gasteiger partial charge is 0.261 e. The van der Waals surface area contributed by atoms with Crippen molar-refractivity contribution in [3.63, 3.8) is 0 Å². The molecule has 0 fully saturated rings. The van der Waals surface area contributed by atoms with Gasteiger partial charge in [0.15, 0.2) is 6.61 Å². The highest BCUT2D eigenvalue weighted by Gasteiger charge is 2.31. The lowest BCUT2D eigenvalue weighted by Gasteiger charge is -2.32. The van der Waals surface area contributed by atoms with Crippen LogP contribution in [0.25, 0.3) is 0 Å². The number of nitrogens with zero attached hydrogens (tertiary/aromatic N) is 1. The van der Waals surface area contributed by atoms with E-state index < -0.39 is 6.04 Å². The lowest BCUT2D eigenvalue weighted by Crippen LogP contribution is -2.52. The Labute approximate surface area is 210 Å². The third kappa shape index (κ3) is 7.79. The van der Waals surface area contributed by atoms with Crippen LogP contribution in [0.4, 0.5) is 0 Å². The number of ether oxygens (including phenoxy) is 1. The van der Waals surface area contributed by atoms with Crippen molar-refractivity contribution >= 4 is 35.0 Å². The molecule has 0 aliphatic carbocycles. The van der Waals surface area contributed by atoms with Crippen molar-refractivity contribution in [2.75, 3.05) is 6.61 Å². The predicted molar refractivity (Wildman–Crippen MR) is 136 cm³/mol. The van der Waals surface area contributed by atoms with Crippen LogP contribution in [0.1, 0.15) is 25.0 Å². The molecule has 0 saturated carbocycles. The van der Waals surface area contributed by atoms with E-state index >= 15 is 0 Å². The summed E-state index contributed by atoms with van der Waals surface area (Å²) < 4.78 is 5.72. The predicted octanol–water partition coefficient (Wildman–Crippen LogP) is 5.54. The molecule has 0 heterocycles. The molecule has 5 nitrogen and oxygen atoms in total. The number of carbonyl (C=O) groups is 2. The molecule has 178 valence electrons. The van der Waals surface area contributed by atoms with E-state index in [-0.39, 0.29) is 31.0 Å². The summed E-state index contributed by atoms with van der Waals surface area (Å²) in [4.78, 5) is 28.3. The third-order valence-electron chi connectivity index (χ3n) is 5.14. The lowest BCUT2D eigenvalue weighted by atomic mass is 10.0. The fraction of sp³-hybridized carbons (Fsp3) is 0.259. The zero-order valence-electron chi connectivity index (χ0n) is 19.2. The second-order valence-corrected chi connectivity index (χ2v) is 9.13. The Hall–Kier alpha value is -3.02. The molecule has 0 spiro atoms. The number of nitrogens with one attached hydrogen (secondary N) is 1. The summed E-state index contributed by atoms with van der Waals surface area (Å²) >= 11 is 12.0. The van der Waals surface area contributed by atoms with Gasteiger partial charge in [0.2, 0.25) is 5.91 Å². The Morgan fingerprint density at radius 3 is 2.03 bits per heavy atom. The first-order valence-corrected chi connectivity index (χ1v) is 11.8. The molecule has 3 aromatic rings. The topological polar surface area (TPSA) is 58.6 Å². The van der Waals surface area contributed by atoms with E-state index in [2.05, 4.69) is 5.32 Å². The monoisotopic (exact) mass is 498 g/mol. The average molecular weight is 499 g/mol. The molecule has 7 heteroatoms. The van der Waals surface area contributed by atoms with E-state index in [1.165, 1.54) is 0 Å². The van der Waals surface area contributed by atoms with Gasteiger partial charge in [-0.3, -0.25) is 9.59 Å². The molecule has 0 bridgehead atoms. The highest BCUT2D eigenvalue weighted by Crippen LogP contribution is 2.19. The molecular weight excluding hydrogens is 471 g/mol.